The molecule has 0 radical (unpaired) electrons. The van der Waals surface area contributed by atoms with Gasteiger partial charge in [-0.1, -0.05) is 0 Å². The molecule has 0 spiro atoms. The van der Waals surface area contributed by atoms with Crippen molar-refractivity contribution < 1.29 is 24.8 Å². The van der Waals surface area contributed by atoms with Crippen LogP contribution in [0, 0.1) is 12.8 Å². The molecule has 5 rings (SSSR count). The molecule has 3 aromatic heterocycles. The summed E-state index contributed by atoms with van der Waals surface area (Å²) in [6.07, 6.45) is 1.72. The van der Waals surface area contributed by atoms with E-state index in [1.807, 2.05) is 38.1 Å². The van der Waals surface area contributed by atoms with E-state index in [9.17, 15) is 15.3 Å². The van der Waals surface area contributed by atoms with Crippen molar-refractivity contribution in [2.75, 3.05) is 31.5 Å². The molecule has 1 aliphatic carbocycles. The van der Waals surface area contributed by atoms with Crippen LogP contribution >= 0.6 is 11.3 Å². The third-order valence-electron chi connectivity index (χ3n) is 7.07. The zero-order valence-corrected chi connectivity index (χ0v) is 22.9. The molecule has 5 atom stereocenters. The molecule has 4 aromatic rings. The minimum Gasteiger partial charge on any atom is -0.497 e. The maximum absolute atomic E-state index is 10.7. The molecule has 12 heteroatoms. The number of fused-ring (bicyclic) bond motifs is 1. The van der Waals surface area contributed by atoms with Gasteiger partial charge in [0.25, 0.3) is 0 Å². The summed E-state index contributed by atoms with van der Waals surface area (Å²) in [5.74, 6) is 1.76. The van der Waals surface area contributed by atoms with E-state index < -0.39 is 24.2 Å². The Labute approximate surface area is 229 Å². The summed E-state index contributed by atoms with van der Waals surface area (Å²) in [4.78, 5) is 18.5. The smallest absolute Gasteiger partial charge is 0.225 e. The predicted molar refractivity (Wildman–Crippen MR) is 149 cm³/mol. The number of aliphatic hydroxyl groups is 3. The second-order valence-corrected chi connectivity index (χ2v) is 10.7. The lowest BCUT2D eigenvalue weighted by Gasteiger charge is -2.22. The summed E-state index contributed by atoms with van der Waals surface area (Å²) in [5.41, 5.74) is 3.07. The number of benzene rings is 1. The molecule has 0 amide bonds. The fourth-order valence-electron chi connectivity index (χ4n) is 4.87. The van der Waals surface area contributed by atoms with Gasteiger partial charge in [0.1, 0.15) is 33.9 Å². The Kier molecular flexibility index (Phi) is 7.80. The molecule has 1 aliphatic rings. The van der Waals surface area contributed by atoms with E-state index >= 15 is 0 Å². The van der Waals surface area contributed by atoms with Gasteiger partial charge in [0, 0.05) is 24.8 Å². The van der Waals surface area contributed by atoms with E-state index in [2.05, 4.69) is 15.6 Å². The topological polar surface area (TPSA) is 155 Å². The minimum atomic E-state index is -1.07. The molecule has 0 unspecified atom stereocenters. The molecule has 3 heterocycles. The number of aryl methyl sites for hydroxylation is 1. The number of aliphatic hydroxyl groups excluding tert-OH is 3. The first kappa shape index (κ1) is 27.0. The zero-order valence-electron chi connectivity index (χ0n) is 22.1. The van der Waals surface area contributed by atoms with Gasteiger partial charge in [0.2, 0.25) is 5.95 Å². The van der Waals surface area contributed by atoms with Crippen molar-refractivity contribution in [3.8, 4) is 22.1 Å². The Bertz CT molecular complexity index is 1410. The lowest BCUT2D eigenvalue weighted by molar-refractivity contribution is 0.00446. The first-order chi connectivity index (χ1) is 18.8. The number of thiazole rings is 1. The third kappa shape index (κ3) is 5.46. The van der Waals surface area contributed by atoms with Crippen molar-refractivity contribution in [3.63, 3.8) is 0 Å². The van der Waals surface area contributed by atoms with E-state index in [1.165, 1.54) is 11.3 Å². The molecule has 39 heavy (non-hydrogen) atoms. The van der Waals surface area contributed by atoms with E-state index in [0.29, 0.717) is 46.0 Å². The molecule has 1 saturated carbocycles. The zero-order chi connectivity index (χ0) is 27.7. The first-order valence-corrected chi connectivity index (χ1v) is 13.5. The van der Waals surface area contributed by atoms with Crippen LogP contribution in [0.2, 0.25) is 0 Å². The Morgan fingerprint density at radius 3 is 2.46 bits per heavy atom. The van der Waals surface area contributed by atoms with Crippen LogP contribution in [0.1, 0.15) is 30.6 Å². The molecule has 1 fully saturated rings. The quantitative estimate of drug-likeness (QED) is 0.208. The van der Waals surface area contributed by atoms with Crippen molar-refractivity contribution in [1.29, 1.82) is 0 Å². The summed E-state index contributed by atoms with van der Waals surface area (Å²) >= 11 is 1.50. The van der Waals surface area contributed by atoms with Crippen molar-refractivity contribution in [3.05, 3.63) is 47.9 Å². The van der Waals surface area contributed by atoms with Gasteiger partial charge in [-0.15, -0.1) is 11.3 Å². The summed E-state index contributed by atoms with van der Waals surface area (Å²) in [7, 11) is 3.21. The molecule has 5 N–H and O–H groups in total. The van der Waals surface area contributed by atoms with Crippen LogP contribution in [0.25, 0.3) is 20.8 Å². The largest absolute Gasteiger partial charge is 0.497 e. The van der Waals surface area contributed by atoms with Crippen molar-refractivity contribution in [2.24, 2.45) is 5.92 Å². The average molecular weight is 553 g/mol. The summed E-state index contributed by atoms with van der Waals surface area (Å²) < 4.78 is 11.8. The monoisotopic (exact) mass is 552 g/mol. The Balaban J connectivity index is 1.53. The summed E-state index contributed by atoms with van der Waals surface area (Å²) in [6.45, 7) is 3.65. The van der Waals surface area contributed by atoms with Crippen LogP contribution in [0.15, 0.2) is 36.7 Å². The second kappa shape index (κ2) is 11.3. The van der Waals surface area contributed by atoms with Gasteiger partial charge >= 0.3 is 0 Å². The molecule has 11 nitrogen and oxygen atoms in total. The summed E-state index contributed by atoms with van der Waals surface area (Å²) in [6, 6.07) is 6.83. The minimum absolute atomic E-state index is 0.196. The summed E-state index contributed by atoms with van der Waals surface area (Å²) in [5, 5.41) is 38.1. The van der Waals surface area contributed by atoms with Gasteiger partial charge in [0.05, 0.1) is 54.6 Å². The number of aromatic nitrogens is 4. The first-order valence-electron chi connectivity index (χ1n) is 12.6. The maximum Gasteiger partial charge on any atom is 0.225 e. The van der Waals surface area contributed by atoms with Crippen LogP contribution in [0.4, 0.5) is 11.8 Å². The third-order valence-corrected chi connectivity index (χ3v) is 8.13. The highest BCUT2D eigenvalue weighted by Gasteiger charge is 2.41. The van der Waals surface area contributed by atoms with Crippen LogP contribution in [-0.2, 0) is 0 Å². The van der Waals surface area contributed by atoms with Gasteiger partial charge < -0.3 is 35.4 Å². The van der Waals surface area contributed by atoms with Crippen molar-refractivity contribution >= 4 is 33.3 Å². The second-order valence-electron chi connectivity index (χ2n) is 9.64. The molecular formula is C27H32N6O5S. The van der Waals surface area contributed by atoms with Gasteiger partial charge in [-0.3, -0.25) is 4.98 Å². The normalized spacial score (nSPS) is 21.6. The van der Waals surface area contributed by atoms with Gasteiger partial charge in [0.15, 0.2) is 0 Å². The number of nitrogens with one attached hydrogen (secondary N) is 2. The van der Waals surface area contributed by atoms with Crippen LogP contribution in [0.3, 0.4) is 0 Å². The van der Waals surface area contributed by atoms with Crippen molar-refractivity contribution in [2.45, 2.75) is 44.6 Å². The lowest BCUT2D eigenvalue weighted by atomic mass is 10.1. The predicted octanol–water partition coefficient (Wildman–Crippen LogP) is 3.16. The SMILES string of the molecule is COc1cc(OC)cc([C@@H](C)Nc2nc(C)c(-c3nc4cnccc4s3)c(N[C@@H]3C[C@H](CO)[C@@H](O)[C@H]3O)n2)c1. The lowest BCUT2D eigenvalue weighted by Crippen LogP contribution is -2.35. The molecule has 206 valence electrons. The number of ether oxygens (including phenoxy) is 2. The number of anilines is 2. The number of methoxy groups -OCH3 is 2. The standard InChI is InChI=1S/C27H32N6O5S/c1-13(15-7-17(37-3)10-18(8-15)38-4)29-27-30-14(2)22(26-32-20-11-28-6-5-21(20)39-26)25(33-27)31-19-9-16(12-34)23(35)24(19)36/h5-8,10-11,13,16,19,23-24,34-36H,9,12H2,1-4H3,(H2,29,30,31,33)/t13-,16-,19-,23-,24+/m1/s1. The molecular weight excluding hydrogens is 520 g/mol. The number of hydrogen-bond acceptors (Lipinski definition) is 12. The Morgan fingerprint density at radius 1 is 1.08 bits per heavy atom. The fourth-order valence-corrected chi connectivity index (χ4v) is 5.90. The number of nitrogens with zero attached hydrogens (tertiary/aromatic N) is 4. The van der Waals surface area contributed by atoms with Gasteiger partial charge in [-0.25, -0.2) is 9.97 Å². The highest BCUT2D eigenvalue weighted by atomic mass is 32.1. The number of pyridine rings is 1. The Hall–Kier alpha value is -3.58. The molecule has 0 aliphatic heterocycles. The van der Waals surface area contributed by atoms with Gasteiger partial charge in [-0.2, -0.15) is 4.98 Å². The average Bonchev–Trinajstić information content (AvgIpc) is 3.48. The fraction of sp³-hybridized carbons (Fsp3) is 0.407. The van der Waals surface area contributed by atoms with E-state index in [1.54, 1.807) is 26.6 Å². The van der Waals surface area contributed by atoms with Crippen LogP contribution < -0.4 is 20.1 Å². The molecule has 0 saturated heterocycles. The maximum atomic E-state index is 10.7. The van der Waals surface area contributed by atoms with E-state index in [0.717, 1.165) is 15.8 Å². The highest BCUT2D eigenvalue weighted by molar-refractivity contribution is 7.21. The van der Waals surface area contributed by atoms with E-state index in [4.69, 9.17) is 24.4 Å². The highest BCUT2D eigenvalue weighted by Crippen LogP contribution is 2.38. The number of rotatable bonds is 9. The van der Waals surface area contributed by atoms with Crippen molar-refractivity contribution in [1.82, 2.24) is 19.9 Å². The molecule has 0 bridgehead atoms. The Morgan fingerprint density at radius 2 is 1.82 bits per heavy atom. The van der Waals surface area contributed by atoms with Crippen LogP contribution in [-0.4, -0.2) is 74.3 Å². The van der Waals surface area contributed by atoms with Crippen LogP contribution in [0.5, 0.6) is 11.5 Å². The van der Waals surface area contributed by atoms with Gasteiger partial charge in [-0.05, 0) is 44.0 Å². The molecule has 1 aromatic carbocycles. The van der Waals surface area contributed by atoms with E-state index in [-0.39, 0.29) is 12.6 Å². The number of hydrogen-bond donors (Lipinski definition) is 5.